The van der Waals surface area contributed by atoms with Gasteiger partial charge in [-0.25, -0.2) is 4.39 Å². The summed E-state index contributed by atoms with van der Waals surface area (Å²) >= 11 is 0. The van der Waals surface area contributed by atoms with Gasteiger partial charge in [0, 0.05) is 19.4 Å². The van der Waals surface area contributed by atoms with Crippen LogP contribution in [0.4, 0.5) is 4.39 Å². The van der Waals surface area contributed by atoms with Gasteiger partial charge in [0.15, 0.2) is 0 Å². The molecular formula is C15H21FO2. The third kappa shape index (κ3) is 3.09. The van der Waals surface area contributed by atoms with Gasteiger partial charge in [0.25, 0.3) is 0 Å². The molecule has 1 aliphatic heterocycles. The third-order valence-corrected chi connectivity index (χ3v) is 3.70. The van der Waals surface area contributed by atoms with E-state index in [9.17, 15) is 9.50 Å². The van der Waals surface area contributed by atoms with E-state index in [0.717, 1.165) is 0 Å². The Kier molecular flexibility index (Phi) is 4.03. The van der Waals surface area contributed by atoms with E-state index >= 15 is 0 Å². The van der Waals surface area contributed by atoms with Crippen LogP contribution in [0.25, 0.3) is 0 Å². The van der Waals surface area contributed by atoms with E-state index in [1.807, 2.05) is 0 Å². The molecule has 0 aliphatic carbocycles. The summed E-state index contributed by atoms with van der Waals surface area (Å²) in [5, 5.41) is 10.6. The molecule has 2 unspecified atom stereocenters. The Labute approximate surface area is 108 Å². The van der Waals surface area contributed by atoms with Crippen molar-refractivity contribution in [2.24, 2.45) is 5.92 Å². The fourth-order valence-corrected chi connectivity index (χ4v) is 2.52. The fourth-order valence-electron chi connectivity index (χ4n) is 2.52. The molecule has 1 heterocycles. The average Bonchev–Trinajstić information content (AvgIpc) is 2.32. The SMILES string of the molecule is CC(C)C1CC(O)(Cc2ccccc2F)CCO1. The molecule has 2 nitrogen and oxygen atoms in total. The Morgan fingerprint density at radius 2 is 2.17 bits per heavy atom. The van der Waals surface area contributed by atoms with E-state index in [0.29, 0.717) is 37.4 Å². The molecular weight excluding hydrogens is 231 g/mol. The molecule has 0 bridgehead atoms. The Balaban J connectivity index is 2.09. The van der Waals surface area contributed by atoms with Crippen LogP contribution in [0.2, 0.25) is 0 Å². The zero-order chi connectivity index (χ0) is 13.2. The molecule has 0 amide bonds. The molecule has 1 fully saturated rings. The zero-order valence-electron chi connectivity index (χ0n) is 11.0. The van der Waals surface area contributed by atoms with Gasteiger partial charge in [-0.1, -0.05) is 32.0 Å². The van der Waals surface area contributed by atoms with Gasteiger partial charge in [-0.3, -0.25) is 0 Å². The molecule has 1 N–H and O–H groups in total. The van der Waals surface area contributed by atoms with E-state index in [1.54, 1.807) is 18.2 Å². The van der Waals surface area contributed by atoms with Crippen LogP contribution in [0.3, 0.4) is 0 Å². The van der Waals surface area contributed by atoms with Crippen molar-refractivity contribution in [2.45, 2.75) is 44.8 Å². The monoisotopic (exact) mass is 252 g/mol. The predicted molar refractivity (Wildman–Crippen MR) is 68.9 cm³/mol. The van der Waals surface area contributed by atoms with Crippen LogP contribution in [0.5, 0.6) is 0 Å². The van der Waals surface area contributed by atoms with Gasteiger partial charge >= 0.3 is 0 Å². The van der Waals surface area contributed by atoms with E-state index in [1.165, 1.54) is 6.07 Å². The maximum Gasteiger partial charge on any atom is 0.126 e. The molecule has 2 atom stereocenters. The topological polar surface area (TPSA) is 29.5 Å². The maximum absolute atomic E-state index is 13.6. The molecule has 2 rings (SSSR count). The number of ether oxygens (including phenoxy) is 1. The molecule has 1 aromatic carbocycles. The smallest absolute Gasteiger partial charge is 0.126 e. The summed E-state index contributed by atoms with van der Waals surface area (Å²) in [5.74, 6) is 0.135. The molecule has 100 valence electrons. The van der Waals surface area contributed by atoms with Gasteiger partial charge in [0.1, 0.15) is 5.82 Å². The van der Waals surface area contributed by atoms with Crippen molar-refractivity contribution in [3.05, 3.63) is 35.6 Å². The minimum absolute atomic E-state index is 0.0653. The summed E-state index contributed by atoms with van der Waals surface area (Å²) in [7, 11) is 0. The molecule has 0 aromatic heterocycles. The second-order valence-corrected chi connectivity index (χ2v) is 5.60. The Morgan fingerprint density at radius 3 is 2.83 bits per heavy atom. The predicted octanol–water partition coefficient (Wildman–Crippen LogP) is 2.93. The molecule has 3 heteroatoms. The second-order valence-electron chi connectivity index (χ2n) is 5.60. The van der Waals surface area contributed by atoms with Crippen LogP contribution >= 0.6 is 0 Å². The van der Waals surface area contributed by atoms with Crippen molar-refractivity contribution in [1.29, 1.82) is 0 Å². The number of rotatable bonds is 3. The fraction of sp³-hybridized carbons (Fsp3) is 0.600. The van der Waals surface area contributed by atoms with Crippen LogP contribution in [0.1, 0.15) is 32.3 Å². The first-order valence-electron chi connectivity index (χ1n) is 6.57. The Morgan fingerprint density at radius 1 is 1.44 bits per heavy atom. The van der Waals surface area contributed by atoms with Crippen molar-refractivity contribution < 1.29 is 14.2 Å². The highest BCUT2D eigenvalue weighted by atomic mass is 19.1. The van der Waals surface area contributed by atoms with Crippen molar-refractivity contribution in [3.63, 3.8) is 0 Å². The lowest BCUT2D eigenvalue weighted by Crippen LogP contribution is -2.44. The van der Waals surface area contributed by atoms with Crippen LogP contribution in [-0.2, 0) is 11.2 Å². The van der Waals surface area contributed by atoms with Gasteiger partial charge in [-0.2, -0.15) is 0 Å². The molecule has 0 saturated carbocycles. The number of aliphatic hydroxyl groups is 1. The summed E-state index contributed by atoms with van der Waals surface area (Å²) in [6, 6.07) is 6.66. The van der Waals surface area contributed by atoms with Gasteiger partial charge in [0.2, 0.25) is 0 Å². The zero-order valence-corrected chi connectivity index (χ0v) is 11.0. The molecule has 0 radical (unpaired) electrons. The molecule has 1 saturated heterocycles. The summed E-state index contributed by atoms with van der Waals surface area (Å²) < 4.78 is 19.3. The van der Waals surface area contributed by atoms with Gasteiger partial charge in [-0.15, -0.1) is 0 Å². The van der Waals surface area contributed by atoms with E-state index in [4.69, 9.17) is 4.74 Å². The average molecular weight is 252 g/mol. The van der Waals surface area contributed by atoms with E-state index in [-0.39, 0.29) is 11.9 Å². The number of hydrogen-bond acceptors (Lipinski definition) is 2. The largest absolute Gasteiger partial charge is 0.389 e. The molecule has 0 spiro atoms. The second kappa shape index (κ2) is 5.37. The van der Waals surface area contributed by atoms with Gasteiger partial charge < -0.3 is 9.84 Å². The number of hydrogen-bond donors (Lipinski definition) is 1. The maximum atomic E-state index is 13.6. The number of benzene rings is 1. The first kappa shape index (κ1) is 13.5. The number of halogens is 1. The Bertz CT molecular complexity index is 405. The highest BCUT2D eigenvalue weighted by Crippen LogP contribution is 2.31. The molecule has 1 aromatic rings. The normalized spacial score (nSPS) is 28.6. The molecule has 18 heavy (non-hydrogen) atoms. The Hall–Kier alpha value is -0.930. The highest BCUT2D eigenvalue weighted by Gasteiger charge is 2.36. The van der Waals surface area contributed by atoms with Gasteiger partial charge in [0.05, 0.1) is 11.7 Å². The quantitative estimate of drug-likeness (QED) is 0.896. The third-order valence-electron chi connectivity index (χ3n) is 3.70. The van der Waals surface area contributed by atoms with Crippen molar-refractivity contribution in [1.82, 2.24) is 0 Å². The first-order chi connectivity index (χ1) is 8.50. The summed E-state index contributed by atoms with van der Waals surface area (Å²) in [6.45, 7) is 4.72. The first-order valence-corrected chi connectivity index (χ1v) is 6.57. The lowest BCUT2D eigenvalue weighted by molar-refractivity contribution is -0.116. The molecule has 1 aliphatic rings. The van der Waals surface area contributed by atoms with Crippen molar-refractivity contribution in [3.8, 4) is 0 Å². The minimum atomic E-state index is -0.838. The van der Waals surface area contributed by atoms with Crippen LogP contribution < -0.4 is 0 Å². The van der Waals surface area contributed by atoms with E-state index < -0.39 is 5.60 Å². The van der Waals surface area contributed by atoms with Gasteiger partial charge in [-0.05, 0) is 24.0 Å². The van der Waals surface area contributed by atoms with Crippen LogP contribution in [0.15, 0.2) is 24.3 Å². The minimum Gasteiger partial charge on any atom is -0.389 e. The lowest BCUT2D eigenvalue weighted by Gasteiger charge is -2.38. The standard InChI is InChI=1S/C15H21FO2/c1-11(2)14-10-15(17,7-8-18-14)9-12-5-3-4-6-13(12)16/h3-6,11,14,17H,7-10H2,1-2H3. The van der Waals surface area contributed by atoms with Crippen molar-refractivity contribution in [2.75, 3.05) is 6.61 Å². The summed E-state index contributed by atoms with van der Waals surface area (Å²) in [5.41, 5.74) is -0.251. The van der Waals surface area contributed by atoms with E-state index in [2.05, 4.69) is 13.8 Å². The van der Waals surface area contributed by atoms with Crippen LogP contribution in [-0.4, -0.2) is 23.4 Å². The van der Waals surface area contributed by atoms with Crippen molar-refractivity contribution >= 4 is 0 Å². The van der Waals surface area contributed by atoms with Crippen LogP contribution in [0, 0.1) is 11.7 Å². The summed E-state index contributed by atoms with van der Waals surface area (Å²) in [6.07, 6.45) is 1.59. The lowest BCUT2D eigenvalue weighted by atomic mass is 9.82. The summed E-state index contributed by atoms with van der Waals surface area (Å²) in [4.78, 5) is 0. The highest BCUT2D eigenvalue weighted by molar-refractivity contribution is 5.19.